The van der Waals surface area contributed by atoms with E-state index >= 15 is 0 Å². The van der Waals surface area contributed by atoms with Crippen LogP contribution in [0.2, 0.25) is 0 Å². The number of epoxide rings is 1. The molecule has 0 saturated carbocycles. The molecule has 1 unspecified atom stereocenters. The van der Waals surface area contributed by atoms with Crippen molar-refractivity contribution >= 4 is 5.97 Å². The SMILES string of the molecule is CCCCCCCCCCC1(C(=O)OCC)OC1(C)C. The van der Waals surface area contributed by atoms with Crippen LogP contribution in [-0.4, -0.2) is 23.8 Å². The minimum Gasteiger partial charge on any atom is -0.464 e. The van der Waals surface area contributed by atoms with Gasteiger partial charge >= 0.3 is 5.97 Å². The van der Waals surface area contributed by atoms with Crippen molar-refractivity contribution < 1.29 is 14.3 Å². The monoisotopic (exact) mass is 284 g/mol. The normalized spacial score (nSPS) is 23.6. The Kier molecular flexibility index (Phi) is 7.01. The van der Waals surface area contributed by atoms with Crippen LogP contribution >= 0.6 is 0 Å². The Bertz CT molecular complexity index is 299. The molecule has 0 aromatic rings. The molecular weight excluding hydrogens is 252 g/mol. The Hall–Kier alpha value is -0.570. The van der Waals surface area contributed by atoms with Gasteiger partial charge < -0.3 is 9.47 Å². The lowest BCUT2D eigenvalue weighted by Crippen LogP contribution is -2.33. The minimum absolute atomic E-state index is 0.173. The van der Waals surface area contributed by atoms with E-state index in [1.807, 2.05) is 20.8 Å². The lowest BCUT2D eigenvalue weighted by molar-refractivity contribution is -0.149. The minimum atomic E-state index is -0.661. The van der Waals surface area contributed by atoms with Gasteiger partial charge in [-0.25, -0.2) is 4.79 Å². The lowest BCUT2D eigenvalue weighted by Gasteiger charge is -2.13. The summed E-state index contributed by atoms with van der Waals surface area (Å²) in [4.78, 5) is 12.0. The van der Waals surface area contributed by atoms with Gasteiger partial charge in [0.1, 0.15) is 5.60 Å². The van der Waals surface area contributed by atoms with Crippen LogP contribution in [0.1, 0.15) is 85.5 Å². The summed E-state index contributed by atoms with van der Waals surface area (Å²) >= 11 is 0. The summed E-state index contributed by atoms with van der Waals surface area (Å²) in [5, 5.41) is 0. The van der Waals surface area contributed by atoms with Crippen LogP contribution in [-0.2, 0) is 14.3 Å². The summed E-state index contributed by atoms with van der Waals surface area (Å²) < 4.78 is 10.9. The van der Waals surface area contributed by atoms with Crippen molar-refractivity contribution in [2.75, 3.05) is 6.61 Å². The molecule has 0 N–H and O–H groups in total. The lowest BCUT2D eigenvalue weighted by atomic mass is 9.90. The van der Waals surface area contributed by atoms with E-state index in [4.69, 9.17) is 9.47 Å². The Balaban J connectivity index is 2.17. The number of hydrogen-bond donors (Lipinski definition) is 0. The summed E-state index contributed by atoms with van der Waals surface area (Å²) in [5.74, 6) is -0.173. The average molecular weight is 284 g/mol. The maximum absolute atomic E-state index is 12.0. The van der Waals surface area contributed by atoms with Gasteiger partial charge in [-0.1, -0.05) is 51.9 Å². The van der Waals surface area contributed by atoms with Crippen molar-refractivity contribution in [1.82, 2.24) is 0 Å². The first-order chi connectivity index (χ1) is 9.50. The molecule has 3 heteroatoms. The molecule has 3 nitrogen and oxygen atoms in total. The number of carbonyl (C=O) groups is 1. The van der Waals surface area contributed by atoms with Gasteiger partial charge in [-0.3, -0.25) is 0 Å². The van der Waals surface area contributed by atoms with Gasteiger partial charge in [0.25, 0.3) is 0 Å². The molecule has 1 heterocycles. The highest BCUT2D eigenvalue weighted by molar-refractivity contribution is 5.84. The largest absolute Gasteiger partial charge is 0.464 e. The third-order valence-electron chi connectivity index (χ3n) is 4.35. The van der Waals surface area contributed by atoms with Crippen molar-refractivity contribution in [1.29, 1.82) is 0 Å². The van der Waals surface area contributed by atoms with Gasteiger partial charge in [0, 0.05) is 0 Å². The molecule has 20 heavy (non-hydrogen) atoms. The Labute approximate surface area is 124 Å². The number of esters is 1. The number of hydrogen-bond acceptors (Lipinski definition) is 3. The first-order valence-corrected chi connectivity index (χ1v) is 8.37. The molecule has 0 bridgehead atoms. The number of carbonyl (C=O) groups excluding carboxylic acids is 1. The van der Waals surface area contributed by atoms with E-state index in [0.717, 1.165) is 12.8 Å². The van der Waals surface area contributed by atoms with Crippen LogP contribution < -0.4 is 0 Å². The molecule has 0 radical (unpaired) electrons. The molecule has 1 saturated heterocycles. The first-order valence-electron chi connectivity index (χ1n) is 8.37. The molecule has 118 valence electrons. The highest BCUT2D eigenvalue weighted by Gasteiger charge is 2.69. The van der Waals surface area contributed by atoms with E-state index in [1.54, 1.807) is 0 Å². The van der Waals surface area contributed by atoms with E-state index < -0.39 is 5.60 Å². The zero-order valence-electron chi connectivity index (χ0n) is 13.8. The first kappa shape index (κ1) is 17.5. The van der Waals surface area contributed by atoms with Gasteiger partial charge in [0.2, 0.25) is 0 Å². The van der Waals surface area contributed by atoms with Crippen LogP contribution in [0.5, 0.6) is 0 Å². The summed E-state index contributed by atoms with van der Waals surface area (Å²) in [6.45, 7) is 8.48. The van der Waals surface area contributed by atoms with Crippen molar-refractivity contribution in [3.63, 3.8) is 0 Å². The summed E-state index contributed by atoms with van der Waals surface area (Å²) in [6, 6.07) is 0. The van der Waals surface area contributed by atoms with Crippen LogP contribution in [0.3, 0.4) is 0 Å². The maximum atomic E-state index is 12.0. The highest BCUT2D eigenvalue weighted by Crippen LogP contribution is 2.51. The molecule has 0 aliphatic carbocycles. The maximum Gasteiger partial charge on any atom is 0.341 e. The fourth-order valence-corrected chi connectivity index (χ4v) is 2.91. The van der Waals surface area contributed by atoms with E-state index in [0.29, 0.717) is 6.61 Å². The predicted molar refractivity (Wildman–Crippen MR) is 81.8 cm³/mol. The Morgan fingerprint density at radius 1 is 0.950 bits per heavy atom. The van der Waals surface area contributed by atoms with Crippen LogP contribution in [0, 0.1) is 0 Å². The highest BCUT2D eigenvalue weighted by atomic mass is 16.7. The zero-order chi connectivity index (χ0) is 15.1. The predicted octanol–water partition coefficient (Wildman–Crippen LogP) is 4.63. The van der Waals surface area contributed by atoms with Crippen molar-refractivity contribution in [2.45, 2.75) is 96.7 Å². The van der Waals surface area contributed by atoms with Gasteiger partial charge in [0.15, 0.2) is 5.60 Å². The van der Waals surface area contributed by atoms with Crippen LogP contribution in [0.4, 0.5) is 0 Å². The number of unbranched alkanes of at least 4 members (excludes halogenated alkanes) is 7. The topological polar surface area (TPSA) is 38.8 Å². The summed E-state index contributed by atoms with van der Waals surface area (Å²) in [5.41, 5.74) is -1.01. The van der Waals surface area contributed by atoms with E-state index in [9.17, 15) is 4.79 Å². The standard InChI is InChI=1S/C17H32O3/c1-5-7-8-9-10-11-12-13-14-17(15(18)19-6-2)16(3,4)20-17/h5-14H2,1-4H3. The van der Waals surface area contributed by atoms with E-state index in [-0.39, 0.29) is 11.6 Å². The molecule has 0 aromatic carbocycles. The Morgan fingerprint density at radius 2 is 1.45 bits per heavy atom. The fraction of sp³-hybridized carbons (Fsp3) is 0.941. The van der Waals surface area contributed by atoms with Gasteiger partial charge in [0.05, 0.1) is 6.61 Å². The number of ether oxygens (including phenoxy) is 2. The molecule has 0 aromatic heterocycles. The third-order valence-corrected chi connectivity index (χ3v) is 4.35. The van der Waals surface area contributed by atoms with Crippen molar-refractivity contribution in [3.05, 3.63) is 0 Å². The molecule has 0 spiro atoms. The molecule has 1 aliphatic heterocycles. The van der Waals surface area contributed by atoms with Crippen molar-refractivity contribution in [3.8, 4) is 0 Å². The quantitative estimate of drug-likeness (QED) is 0.315. The smallest absolute Gasteiger partial charge is 0.341 e. The fourth-order valence-electron chi connectivity index (χ4n) is 2.91. The average Bonchev–Trinajstić information content (AvgIpc) is 2.96. The Morgan fingerprint density at radius 3 is 1.90 bits per heavy atom. The van der Waals surface area contributed by atoms with Crippen LogP contribution in [0.15, 0.2) is 0 Å². The molecule has 1 aliphatic rings. The summed E-state index contributed by atoms with van der Waals surface area (Å²) in [6.07, 6.45) is 11.0. The van der Waals surface area contributed by atoms with Crippen molar-refractivity contribution in [2.24, 2.45) is 0 Å². The second-order valence-corrected chi connectivity index (χ2v) is 6.38. The van der Waals surface area contributed by atoms with Gasteiger partial charge in [-0.15, -0.1) is 0 Å². The second kappa shape index (κ2) is 8.02. The van der Waals surface area contributed by atoms with Crippen LogP contribution in [0.25, 0.3) is 0 Å². The van der Waals surface area contributed by atoms with Gasteiger partial charge in [-0.2, -0.15) is 0 Å². The second-order valence-electron chi connectivity index (χ2n) is 6.38. The molecule has 1 fully saturated rings. The molecule has 1 rings (SSSR count). The third kappa shape index (κ3) is 4.47. The van der Waals surface area contributed by atoms with Gasteiger partial charge in [-0.05, 0) is 33.6 Å². The molecular formula is C17H32O3. The van der Waals surface area contributed by atoms with E-state index in [1.165, 1.54) is 44.9 Å². The zero-order valence-corrected chi connectivity index (χ0v) is 13.8. The van der Waals surface area contributed by atoms with E-state index in [2.05, 4.69) is 6.92 Å². The summed E-state index contributed by atoms with van der Waals surface area (Å²) in [7, 11) is 0. The molecule has 1 atom stereocenters. The molecule has 0 amide bonds. The number of rotatable bonds is 11.